The first kappa shape index (κ1) is 16.1. The maximum absolute atomic E-state index is 5.87. The lowest BCUT2D eigenvalue weighted by Gasteiger charge is -2.23. The highest BCUT2D eigenvalue weighted by Crippen LogP contribution is 2.33. The summed E-state index contributed by atoms with van der Waals surface area (Å²) in [6, 6.07) is 16.2. The molecule has 0 atom stereocenters. The van der Waals surface area contributed by atoms with Gasteiger partial charge in [-0.3, -0.25) is 0 Å². The molecular formula is C20H22ClNO. The highest BCUT2D eigenvalue weighted by molar-refractivity contribution is 6.30. The van der Waals surface area contributed by atoms with Crippen molar-refractivity contribution >= 4 is 17.8 Å². The van der Waals surface area contributed by atoms with Crippen molar-refractivity contribution in [2.75, 3.05) is 0 Å². The van der Waals surface area contributed by atoms with Gasteiger partial charge >= 0.3 is 0 Å². The largest absolute Gasteiger partial charge is 0.391 e. The molecular weight excluding hydrogens is 306 g/mol. The zero-order valence-electron chi connectivity index (χ0n) is 13.2. The lowest BCUT2D eigenvalue weighted by molar-refractivity contribution is 0.132. The van der Waals surface area contributed by atoms with Crippen molar-refractivity contribution in [1.82, 2.24) is 0 Å². The average molecular weight is 328 g/mol. The van der Waals surface area contributed by atoms with Crippen LogP contribution in [0.3, 0.4) is 0 Å². The highest BCUT2D eigenvalue weighted by Gasteiger charge is 2.17. The standard InChI is InChI=1S/C20H22ClNO/c21-19-12-10-16(11-13-19)15-23-22-14-18-8-4-5-9-20(18)17-6-2-1-3-7-17/h4-5,8-14,17H,1-3,6-7,15H2. The first-order valence-corrected chi connectivity index (χ1v) is 8.69. The molecule has 2 nitrogen and oxygen atoms in total. The molecule has 0 heterocycles. The van der Waals surface area contributed by atoms with E-state index in [1.54, 1.807) is 0 Å². The molecule has 0 radical (unpaired) electrons. The van der Waals surface area contributed by atoms with Crippen LogP contribution in [0.2, 0.25) is 5.02 Å². The van der Waals surface area contributed by atoms with Gasteiger partial charge in [0.25, 0.3) is 0 Å². The lowest BCUT2D eigenvalue weighted by Crippen LogP contribution is -2.07. The number of rotatable bonds is 5. The van der Waals surface area contributed by atoms with Crippen LogP contribution in [0.4, 0.5) is 0 Å². The summed E-state index contributed by atoms with van der Waals surface area (Å²) in [7, 11) is 0. The fourth-order valence-electron chi connectivity index (χ4n) is 3.20. The number of benzene rings is 2. The summed E-state index contributed by atoms with van der Waals surface area (Å²) in [6.07, 6.45) is 8.47. The maximum atomic E-state index is 5.87. The molecule has 0 saturated heterocycles. The Morgan fingerprint density at radius 2 is 1.74 bits per heavy atom. The second-order valence-corrected chi connectivity index (χ2v) is 6.53. The van der Waals surface area contributed by atoms with Gasteiger partial charge in [0.1, 0.15) is 6.61 Å². The van der Waals surface area contributed by atoms with E-state index in [0.717, 1.165) is 10.6 Å². The molecule has 3 rings (SSSR count). The minimum atomic E-state index is 0.458. The van der Waals surface area contributed by atoms with Crippen LogP contribution in [0.5, 0.6) is 0 Å². The Balaban J connectivity index is 1.61. The minimum Gasteiger partial charge on any atom is -0.391 e. The molecule has 0 aliphatic heterocycles. The monoisotopic (exact) mass is 327 g/mol. The van der Waals surface area contributed by atoms with Crippen LogP contribution in [0, 0.1) is 0 Å². The Bertz CT molecular complexity index is 645. The van der Waals surface area contributed by atoms with Gasteiger partial charge in [0.05, 0.1) is 6.21 Å². The van der Waals surface area contributed by atoms with Crippen molar-refractivity contribution in [3.63, 3.8) is 0 Å². The SMILES string of the molecule is Clc1ccc(CON=Cc2ccccc2C2CCCCC2)cc1. The van der Waals surface area contributed by atoms with Gasteiger partial charge in [-0.15, -0.1) is 0 Å². The topological polar surface area (TPSA) is 21.6 Å². The number of hydrogen-bond donors (Lipinski definition) is 0. The van der Waals surface area contributed by atoms with Gasteiger partial charge in [-0.05, 0) is 47.6 Å². The third-order valence-corrected chi connectivity index (χ3v) is 4.70. The number of halogens is 1. The molecule has 0 aromatic heterocycles. The van der Waals surface area contributed by atoms with Gasteiger partial charge in [0, 0.05) is 5.02 Å². The molecule has 2 aromatic rings. The van der Waals surface area contributed by atoms with Crippen LogP contribution in [0.1, 0.15) is 54.7 Å². The predicted molar refractivity (Wildman–Crippen MR) is 96.1 cm³/mol. The van der Waals surface area contributed by atoms with Gasteiger partial charge < -0.3 is 4.84 Å². The van der Waals surface area contributed by atoms with Crippen molar-refractivity contribution in [2.45, 2.75) is 44.6 Å². The third kappa shape index (κ3) is 4.59. The molecule has 23 heavy (non-hydrogen) atoms. The van der Waals surface area contributed by atoms with Crippen molar-refractivity contribution in [3.8, 4) is 0 Å². The van der Waals surface area contributed by atoms with Gasteiger partial charge in [-0.2, -0.15) is 0 Å². The maximum Gasteiger partial charge on any atom is 0.142 e. The summed E-state index contributed by atoms with van der Waals surface area (Å²) in [5.74, 6) is 0.669. The van der Waals surface area contributed by atoms with E-state index in [1.165, 1.54) is 43.2 Å². The van der Waals surface area contributed by atoms with E-state index >= 15 is 0 Å². The quantitative estimate of drug-likeness (QED) is 0.492. The second-order valence-electron chi connectivity index (χ2n) is 6.10. The zero-order valence-corrected chi connectivity index (χ0v) is 14.0. The zero-order chi connectivity index (χ0) is 15.9. The van der Waals surface area contributed by atoms with Crippen LogP contribution in [0.25, 0.3) is 0 Å². The molecule has 3 heteroatoms. The molecule has 0 spiro atoms. The van der Waals surface area contributed by atoms with Crippen molar-refractivity contribution < 1.29 is 4.84 Å². The van der Waals surface area contributed by atoms with Crippen LogP contribution in [-0.2, 0) is 11.4 Å². The fraction of sp³-hybridized carbons (Fsp3) is 0.350. The summed E-state index contributed by atoms with van der Waals surface area (Å²) in [5.41, 5.74) is 3.65. The first-order valence-electron chi connectivity index (χ1n) is 8.31. The van der Waals surface area contributed by atoms with Crippen LogP contribution < -0.4 is 0 Å². The van der Waals surface area contributed by atoms with Crippen molar-refractivity contribution in [1.29, 1.82) is 0 Å². The van der Waals surface area contributed by atoms with Gasteiger partial charge in [0.15, 0.2) is 0 Å². The molecule has 2 aromatic carbocycles. The highest BCUT2D eigenvalue weighted by atomic mass is 35.5. The lowest BCUT2D eigenvalue weighted by atomic mass is 9.82. The Labute approximate surface area is 143 Å². The number of nitrogens with zero attached hydrogens (tertiary/aromatic N) is 1. The Kier molecular flexibility index (Phi) is 5.71. The molecule has 1 aliphatic carbocycles. The van der Waals surface area contributed by atoms with Gasteiger partial charge in [-0.1, -0.05) is 72.4 Å². The molecule has 120 valence electrons. The van der Waals surface area contributed by atoms with Gasteiger partial charge in [-0.25, -0.2) is 0 Å². The van der Waals surface area contributed by atoms with E-state index < -0.39 is 0 Å². The predicted octanol–water partition coefficient (Wildman–Crippen LogP) is 5.94. The molecule has 0 amide bonds. The van der Waals surface area contributed by atoms with E-state index in [1.807, 2.05) is 30.5 Å². The normalized spacial score (nSPS) is 15.9. The van der Waals surface area contributed by atoms with Crippen LogP contribution >= 0.6 is 11.6 Å². The molecule has 0 N–H and O–H groups in total. The molecule has 0 unspecified atom stereocenters. The fourth-order valence-corrected chi connectivity index (χ4v) is 3.33. The van der Waals surface area contributed by atoms with Crippen LogP contribution in [-0.4, -0.2) is 6.21 Å². The van der Waals surface area contributed by atoms with Crippen molar-refractivity contribution in [2.24, 2.45) is 5.16 Å². The Morgan fingerprint density at radius 3 is 2.52 bits per heavy atom. The summed E-state index contributed by atoms with van der Waals surface area (Å²) >= 11 is 5.87. The molecule has 0 bridgehead atoms. The minimum absolute atomic E-state index is 0.458. The van der Waals surface area contributed by atoms with E-state index in [-0.39, 0.29) is 0 Å². The summed E-state index contributed by atoms with van der Waals surface area (Å²) in [4.78, 5) is 5.43. The van der Waals surface area contributed by atoms with E-state index in [9.17, 15) is 0 Å². The van der Waals surface area contributed by atoms with Crippen molar-refractivity contribution in [3.05, 3.63) is 70.2 Å². The summed E-state index contributed by atoms with van der Waals surface area (Å²) in [6.45, 7) is 0.458. The second kappa shape index (κ2) is 8.16. The summed E-state index contributed by atoms with van der Waals surface area (Å²) in [5, 5.41) is 4.89. The van der Waals surface area contributed by atoms with E-state index in [2.05, 4.69) is 29.4 Å². The molecule has 1 saturated carbocycles. The van der Waals surface area contributed by atoms with E-state index in [0.29, 0.717) is 12.5 Å². The van der Waals surface area contributed by atoms with E-state index in [4.69, 9.17) is 16.4 Å². The third-order valence-electron chi connectivity index (χ3n) is 4.45. The smallest absolute Gasteiger partial charge is 0.142 e. The molecule has 1 fully saturated rings. The van der Waals surface area contributed by atoms with Crippen LogP contribution in [0.15, 0.2) is 53.7 Å². The number of hydrogen-bond acceptors (Lipinski definition) is 2. The first-order chi connectivity index (χ1) is 11.3. The van der Waals surface area contributed by atoms with Gasteiger partial charge in [0.2, 0.25) is 0 Å². The molecule has 1 aliphatic rings. The summed E-state index contributed by atoms with van der Waals surface area (Å²) < 4.78 is 0. The average Bonchev–Trinajstić information content (AvgIpc) is 2.61. The number of oxime groups is 1. The Hall–Kier alpha value is -1.80. The Morgan fingerprint density at radius 1 is 1.00 bits per heavy atom.